The van der Waals surface area contributed by atoms with Crippen molar-refractivity contribution in [1.82, 2.24) is 5.32 Å². The van der Waals surface area contributed by atoms with Crippen molar-refractivity contribution in [3.05, 3.63) is 52.6 Å². The molecule has 11 nitrogen and oxygen atoms in total. The number of aromatic hydroxyl groups is 1. The molecular weight excluding hydrogens is 592 g/mol. The number of ether oxygens (including phenoxy) is 1. The third kappa shape index (κ3) is 5.25. The van der Waals surface area contributed by atoms with Gasteiger partial charge in [0.15, 0.2) is 34.7 Å². The topological polar surface area (TPSA) is 190 Å². The summed E-state index contributed by atoms with van der Waals surface area (Å²) in [6.45, 7) is 7.85. The van der Waals surface area contributed by atoms with Crippen LogP contribution in [0.25, 0.3) is 11.1 Å². The van der Waals surface area contributed by atoms with Crippen molar-refractivity contribution in [2.75, 3.05) is 13.2 Å². The van der Waals surface area contributed by atoms with E-state index in [0.29, 0.717) is 24.1 Å². The number of carbonyl (C=O) groups excluding carboxylic acids is 6. The molecule has 0 heterocycles. The molecular formula is C35H40N2O9. The number of aliphatic hydroxyl groups is 1. The van der Waals surface area contributed by atoms with Crippen molar-refractivity contribution in [2.24, 2.45) is 41.2 Å². The summed E-state index contributed by atoms with van der Waals surface area (Å²) >= 11 is 0. The molecule has 1 amide bonds. The number of aryl methyl sites for hydroxylation is 1. The lowest BCUT2D eigenvalue weighted by molar-refractivity contribution is -0.182. The monoisotopic (exact) mass is 632 g/mol. The average molecular weight is 633 g/mol. The molecule has 11 heteroatoms. The van der Waals surface area contributed by atoms with Crippen LogP contribution in [0.5, 0.6) is 5.75 Å². The number of nitrogens with one attached hydrogen (secondary N) is 1. The van der Waals surface area contributed by atoms with Gasteiger partial charge in [-0.1, -0.05) is 39.0 Å². The summed E-state index contributed by atoms with van der Waals surface area (Å²) in [5.74, 6) is -12.3. The Morgan fingerprint density at radius 3 is 2.41 bits per heavy atom. The number of phenolic OH excluding ortho intramolecular Hbond substituents is 1. The van der Waals surface area contributed by atoms with Crippen molar-refractivity contribution in [2.45, 2.75) is 59.1 Å². The van der Waals surface area contributed by atoms with Crippen molar-refractivity contribution < 1.29 is 43.7 Å². The number of hydrogen-bond acceptors (Lipinski definition) is 10. The first-order valence-corrected chi connectivity index (χ1v) is 15.8. The Morgan fingerprint density at radius 1 is 1.07 bits per heavy atom. The zero-order valence-corrected chi connectivity index (χ0v) is 26.4. The zero-order chi connectivity index (χ0) is 33.7. The number of hydrogen-bond donors (Lipinski definition) is 4. The number of amides is 1. The number of rotatable bonds is 9. The van der Waals surface area contributed by atoms with Gasteiger partial charge in [0.05, 0.1) is 24.6 Å². The fraction of sp³-hybridized carbons (Fsp3) is 0.486. The van der Waals surface area contributed by atoms with Gasteiger partial charge in [0.2, 0.25) is 5.91 Å². The predicted molar refractivity (Wildman–Crippen MR) is 165 cm³/mol. The minimum absolute atomic E-state index is 0.0114. The number of primary amides is 1. The Bertz CT molecular complexity index is 1650. The van der Waals surface area contributed by atoms with Gasteiger partial charge in [0.1, 0.15) is 5.75 Å². The summed E-state index contributed by atoms with van der Waals surface area (Å²) in [5.41, 5.74) is 6.55. The lowest BCUT2D eigenvalue weighted by atomic mass is 9.49. The van der Waals surface area contributed by atoms with Crippen LogP contribution in [-0.2, 0) is 48.1 Å². The van der Waals surface area contributed by atoms with Crippen LogP contribution in [0.1, 0.15) is 61.2 Å². The molecule has 3 aliphatic rings. The molecule has 0 aliphatic heterocycles. The number of ketones is 4. The van der Waals surface area contributed by atoms with Gasteiger partial charge in [0.25, 0.3) is 0 Å². The van der Waals surface area contributed by atoms with Gasteiger partial charge in [-0.05, 0) is 78.0 Å². The first kappa shape index (κ1) is 33.2. The minimum Gasteiger partial charge on any atom is -0.507 e. The fourth-order valence-electron chi connectivity index (χ4n) is 7.92. The maximum Gasteiger partial charge on any atom is 0.319 e. The standard InChI is InChI=1S/C35H40N2O9/c1-5-18-8-7-17(14-37-15-25(39)46-6-2)11-21(18)20-9-10-24(38)28-22(20)12-19-13-23-26(16(3)4)30(40)29(34(36)44)33(43)35(23,45)32(42)27(19)31(28)41/h7-11,16,19,23,26-27,29,37-38,45H,5-6,12-15H2,1-4H3,(H2,36,44)/t19-,23-,26-,27?,29?,35-/m0/s1. The molecule has 2 saturated carbocycles. The highest BCUT2D eigenvalue weighted by Gasteiger charge is 2.69. The van der Waals surface area contributed by atoms with Crippen LogP contribution in [0.2, 0.25) is 0 Å². The molecule has 2 aromatic carbocycles. The third-order valence-corrected chi connectivity index (χ3v) is 9.95. The first-order valence-electron chi connectivity index (χ1n) is 15.8. The molecule has 2 unspecified atom stereocenters. The summed E-state index contributed by atoms with van der Waals surface area (Å²) in [6, 6.07) is 9.00. The van der Waals surface area contributed by atoms with E-state index >= 15 is 0 Å². The number of fused-ring (bicyclic) bond motifs is 3. The molecule has 244 valence electrons. The Kier molecular flexibility index (Phi) is 9.03. The fourth-order valence-corrected chi connectivity index (χ4v) is 7.92. The summed E-state index contributed by atoms with van der Waals surface area (Å²) in [5, 5.41) is 25.8. The highest BCUT2D eigenvalue weighted by Crippen LogP contribution is 2.53. The lowest BCUT2D eigenvalue weighted by Gasteiger charge is -2.52. The van der Waals surface area contributed by atoms with Crippen LogP contribution in [0.3, 0.4) is 0 Å². The Morgan fingerprint density at radius 2 is 1.78 bits per heavy atom. The van der Waals surface area contributed by atoms with Gasteiger partial charge in [-0.15, -0.1) is 0 Å². The van der Waals surface area contributed by atoms with E-state index in [-0.39, 0.29) is 43.3 Å². The maximum absolute atomic E-state index is 14.1. The molecule has 2 fully saturated rings. The summed E-state index contributed by atoms with van der Waals surface area (Å²) in [4.78, 5) is 79.2. The second-order valence-electron chi connectivity index (χ2n) is 12.9. The van der Waals surface area contributed by atoms with Crippen LogP contribution in [0.15, 0.2) is 30.3 Å². The second-order valence-corrected chi connectivity index (χ2v) is 12.9. The summed E-state index contributed by atoms with van der Waals surface area (Å²) in [7, 11) is 0. The normalized spacial score (nSPS) is 27.2. The van der Waals surface area contributed by atoms with Gasteiger partial charge in [-0.2, -0.15) is 0 Å². The lowest BCUT2D eigenvalue weighted by Crippen LogP contribution is -2.71. The van der Waals surface area contributed by atoms with E-state index in [2.05, 4.69) is 5.32 Å². The van der Waals surface area contributed by atoms with Crippen molar-refractivity contribution in [3.63, 3.8) is 0 Å². The molecule has 0 radical (unpaired) electrons. The molecule has 3 aliphatic carbocycles. The highest BCUT2D eigenvalue weighted by molar-refractivity contribution is 6.32. The van der Waals surface area contributed by atoms with Gasteiger partial charge >= 0.3 is 5.97 Å². The minimum atomic E-state index is -2.73. The summed E-state index contributed by atoms with van der Waals surface area (Å²) < 4.78 is 4.98. The quantitative estimate of drug-likeness (QED) is 0.235. The molecule has 5 N–H and O–H groups in total. The molecule has 0 saturated heterocycles. The van der Waals surface area contributed by atoms with Crippen LogP contribution in [-0.4, -0.2) is 64.0 Å². The first-order chi connectivity index (χ1) is 21.8. The van der Waals surface area contributed by atoms with Crippen molar-refractivity contribution in [1.29, 1.82) is 0 Å². The van der Waals surface area contributed by atoms with E-state index in [1.807, 2.05) is 25.1 Å². The number of Topliss-reactive ketones (excluding diaryl/α,β-unsaturated/α-hetero) is 4. The van der Waals surface area contributed by atoms with Crippen LogP contribution in [0, 0.1) is 35.5 Å². The van der Waals surface area contributed by atoms with Crippen LogP contribution < -0.4 is 11.1 Å². The SMILES string of the molecule is CCOC(=O)CNCc1ccc(CC)c(-c2ccc(O)c3c2C[C@H]2C[C@H]4[C@H](C(C)C)C(=O)C(C(N)=O)C(=O)[C@@]4(O)C(=O)C2C3=O)c1. The molecule has 0 aromatic heterocycles. The largest absolute Gasteiger partial charge is 0.507 e. The Hall–Kier alpha value is -4.22. The predicted octanol–water partition coefficient (Wildman–Crippen LogP) is 2.09. The van der Waals surface area contributed by atoms with Gasteiger partial charge in [0, 0.05) is 18.4 Å². The van der Waals surface area contributed by atoms with E-state index < -0.39 is 70.1 Å². The van der Waals surface area contributed by atoms with Crippen LogP contribution >= 0.6 is 0 Å². The summed E-state index contributed by atoms with van der Waals surface area (Å²) in [6.07, 6.45) is 0.850. The smallest absolute Gasteiger partial charge is 0.319 e. The number of esters is 1. The molecule has 6 atom stereocenters. The Labute approximate surface area is 266 Å². The Balaban J connectivity index is 1.57. The number of nitrogens with two attached hydrogens (primary N) is 1. The second kappa shape index (κ2) is 12.5. The van der Waals surface area contributed by atoms with E-state index in [9.17, 15) is 39.0 Å². The molecule has 0 spiro atoms. The third-order valence-electron chi connectivity index (χ3n) is 9.95. The van der Waals surface area contributed by atoms with E-state index in [1.54, 1.807) is 26.8 Å². The highest BCUT2D eigenvalue weighted by atomic mass is 16.5. The van der Waals surface area contributed by atoms with E-state index in [4.69, 9.17) is 10.5 Å². The number of benzene rings is 2. The molecule has 46 heavy (non-hydrogen) atoms. The average Bonchev–Trinajstić information content (AvgIpc) is 2.99. The van der Waals surface area contributed by atoms with E-state index in [0.717, 1.165) is 16.7 Å². The molecule has 2 aromatic rings. The van der Waals surface area contributed by atoms with Crippen molar-refractivity contribution >= 4 is 35.0 Å². The molecule has 0 bridgehead atoms. The van der Waals surface area contributed by atoms with E-state index in [1.165, 1.54) is 6.07 Å². The zero-order valence-electron chi connectivity index (χ0n) is 26.4. The molecule has 5 rings (SSSR count). The number of carbonyl (C=O) groups is 6. The van der Waals surface area contributed by atoms with Gasteiger partial charge in [-0.3, -0.25) is 28.8 Å². The number of phenols is 1. The van der Waals surface area contributed by atoms with Gasteiger partial charge < -0.3 is 26.0 Å². The van der Waals surface area contributed by atoms with Gasteiger partial charge in [-0.25, -0.2) is 0 Å². The van der Waals surface area contributed by atoms with Crippen LogP contribution in [0.4, 0.5) is 0 Å². The van der Waals surface area contributed by atoms with Crippen molar-refractivity contribution in [3.8, 4) is 16.9 Å². The maximum atomic E-state index is 14.1.